The minimum Gasteiger partial charge on any atom is -0.336 e. The lowest BCUT2D eigenvalue weighted by Crippen LogP contribution is -2.34. The van der Waals surface area contributed by atoms with Crippen LogP contribution in [0.15, 0.2) is 24.3 Å². The van der Waals surface area contributed by atoms with Gasteiger partial charge in [0, 0.05) is 12.6 Å². The molecule has 0 bridgehead atoms. The highest BCUT2D eigenvalue weighted by molar-refractivity contribution is 5.99. The van der Waals surface area contributed by atoms with E-state index in [2.05, 4.69) is 21.3 Å². The molecular formula is C15H22N4O2. The van der Waals surface area contributed by atoms with Crippen molar-refractivity contribution in [3.8, 4) is 0 Å². The van der Waals surface area contributed by atoms with Crippen LogP contribution in [0.4, 0.5) is 16.2 Å². The molecule has 1 aromatic rings. The van der Waals surface area contributed by atoms with Crippen molar-refractivity contribution in [2.24, 2.45) is 5.92 Å². The third kappa shape index (κ3) is 4.46. The second-order valence-electron chi connectivity index (χ2n) is 5.48. The summed E-state index contributed by atoms with van der Waals surface area (Å²) in [4.78, 5) is 23.9. The summed E-state index contributed by atoms with van der Waals surface area (Å²) in [5, 5.41) is 11.6. The standard InChI is InChI=1S/C15H22N4O2/c1-10(2)17-15(21)19-13-6-4-3-5-12(13)18-14(20)11-7-8-16-9-11/h3-6,10-11,16H,7-9H2,1-2H3,(H,18,20)(H2,17,19,21). The second-order valence-corrected chi connectivity index (χ2v) is 5.48. The van der Waals surface area contributed by atoms with Gasteiger partial charge in [-0.05, 0) is 38.9 Å². The van der Waals surface area contributed by atoms with Crippen molar-refractivity contribution in [3.63, 3.8) is 0 Å². The number of carbonyl (C=O) groups is 2. The molecule has 1 heterocycles. The zero-order valence-corrected chi connectivity index (χ0v) is 12.4. The van der Waals surface area contributed by atoms with Gasteiger partial charge in [-0.1, -0.05) is 12.1 Å². The molecule has 0 spiro atoms. The van der Waals surface area contributed by atoms with Gasteiger partial charge in [-0.15, -0.1) is 0 Å². The summed E-state index contributed by atoms with van der Waals surface area (Å²) < 4.78 is 0. The normalized spacial score (nSPS) is 17.6. The van der Waals surface area contributed by atoms with Crippen LogP contribution in [0.25, 0.3) is 0 Å². The fourth-order valence-electron chi connectivity index (χ4n) is 2.23. The first-order valence-electron chi connectivity index (χ1n) is 7.24. The van der Waals surface area contributed by atoms with Crippen LogP contribution in [0.5, 0.6) is 0 Å². The van der Waals surface area contributed by atoms with Crippen LogP contribution in [0, 0.1) is 5.92 Å². The molecule has 0 aromatic heterocycles. The second kappa shape index (κ2) is 7.08. The maximum absolute atomic E-state index is 12.2. The lowest BCUT2D eigenvalue weighted by molar-refractivity contribution is -0.119. The first kappa shape index (κ1) is 15.3. The fourth-order valence-corrected chi connectivity index (χ4v) is 2.23. The Morgan fingerprint density at radius 1 is 1.19 bits per heavy atom. The first-order chi connectivity index (χ1) is 10.1. The van der Waals surface area contributed by atoms with Gasteiger partial charge in [-0.2, -0.15) is 0 Å². The van der Waals surface area contributed by atoms with Crippen molar-refractivity contribution in [1.82, 2.24) is 10.6 Å². The number of nitrogens with one attached hydrogen (secondary N) is 4. The molecule has 1 unspecified atom stereocenters. The Hall–Kier alpha value is -2.08. The molecule has 6 heteroatoms. The number of carbonyl (C=O) groups excluding carboxylic acids is 2. The third-order valence-electron chi connectivity index (χ3n) is 3.28. The number of anilines is 2. The van der Waals surface area contributed by atoms with Crippen LogP contribution >= 0.6 is 0 Å². The lowest BCUT2D eigenvalue weighted by Gasteiger charge is -2.15. The molecule has 0 saturated carbocycles. The van der Waals surface area contributed by atoms with Gasteiger partial charge in [0.05, 0.1) is 17.3 Å². The minimum absolute atomic E-state index is 0.0115. The van der Waals surface area contributed by atoms with Gasteiger partial charge in [0.25, 0.3) is 0 Å². The number of hydrogen-bond donors (Lipinski definition) is 4. The van der Waals surface area contributed by atoms with E-state index in [9.17, 15) is 9.59 Å². The predicted molar refractivity (Wildman–Crippen MR) is 83.3 cm³/mol. The van der Waals surface area contributed by atoms with Gasteiger partial charge in [0.15, 0.2) is 0 Å². The number of benzene rings is 1. The summed E-state index contributed by atoms with van der Waals surface area (Å²) in [5.41, 5.74) is 1.21. The fraction of sp³-hybridized carbons (Fsp3) is 0.467. The largest absolute Gasteiger partial charge is 0.336 e. The van der Waals surface area contributed by atoms with Gasteiger partial charge < -0.3 is 21.3 Å². The number of amides is 3. The predicted octanol–water partition coefficient (Wildman–Crippen LogP) is 1.76. The van der Waals surface area contributed by atoms with E-state index in [0.717, 1.165) is 13.0 Å². The molecule has 4 N–H and O–H groups in total. The van der Waals surface area contributed by atoms with Crippen LogP contribution in [0.1, 0.15) is 20.3 Å². The molecule has 1 aliphatic rings. The quantitative estimate of drug-likeness (QED) is 0.682. The Labute approximate surface area is 124 Å². The average Bonchev–Trinajstić information content (AvgIpc) is 2.94. The van der Waals surface area contributed by atoms with Gasteiger partial charge in [0.1, 0.15) is 0 Å². The van der Waals surface area contributed by atoms with Crippen molar-refractivity contribution in [1.29, 1.82) is 0 Å². The zero-order chi connectivity index (χ0) is 15.2. The van der Waals surface area contributed by atoms with Gasteiger partial charge in [-0.25, -0.2) is 4.79 Å². The van der Waals surface area contributed by atoms with Crippen molar-refractivity contribution in [2.75, 3.05) is 23.7 Å². The molecule has 114 valence electrons. The maximum atomic E-state index is 12.2. The van der Waals surface area contributed by atoms with Gasteiger partial charge in [-0.3, -0.25) is 4.79 Å². The summed E-state index contributed by atoms with van der Waals surface area (Å²) in [6, 6.07) is 6.96. The average molecular weight is 290 g/mol. The van der Waals surface area contributed by atoms with Crippen molar-refractivity contribution in [2.45, 2.75) is 26.3 Å². The van der Waals surface area contributed by atoms with Crippen LogP contribution < -0.4 is 21.3 Å². The molecule has 21 heavy (non-hydrogen) atoms. The topological polar surface area (TPSA) is 82.3 Å². The molecule has 0 radical (unpaired) electrons. The molecule has 1 saturated heterocycles. The van der Waals surface area contributed by atoms with Gasteiger partial charge in [0.2, 0.25) is 5.91 Å². The smallest absolute Gasteiger partial charge is 0.319 e. The third-order valence-corrected chi connectivity index (χ3v) is 3.28. The number of hydrogen-bond acceptors (Lipinski definition) is 3. The molecule has 1 fully saturated rings. The van der Waals surface area contributed by atoms with E-state index in [4.69, 9.17) is 0 Å². The van der Waals surface area contributed by atoms with Crippen molar-refractivity contribution < 1.29 is 9.59 Å². The summed E-state index contributed by atoms with van der Waals surface area (Å²) in [6.07, 6.45) is 0.843. The molecule has 1 aromatic carbocycles. The molecule has 1 aliphatic heterocycles. The zero-order valence-electron chi connectivity index (χ0n) is 12.4. The Kier molecular flexibility index (Phi) is 5.16. The number of urea groups is 1. The van der Waals surface area contributed by atoms with Crippen LogP contribution in [0.3, 0.4) is 0 Å². The Morgan fingerprint density at radius 2 is 1.86 bits per heavy atom. The van der Waals surface area contributed by atoms with Crippen molar-refractivity contribution >= 4 is 23.3 Å². The van der Waals surface area contributed by atoms with Gasteiger partial charge >= 0.3 is 6.03 Å². The summed E-state index contributed by atoms with van der Waals surface area (Å²) in [7, 11) is 0. The Balaban J connectivity index is 2.02. The summed E-state index contributed by atoms with van der Waals surface area (Å²) in [6.45, 7) is 5.35. The molecule has 6 nitrogen and oxygen atoms in total. The molecule has 1 atom stereocenters. The number of para-hydroxylation sites is 2. The molecule has 2 rings (SSSR count). The summed E-state index contributed by atoms with van der Waals surface area (Å²) in [5.74, 6) is -0.0268. The minimum atomic E-state index is -0.283. The first-order valence-corrected chi connectivity index (χ1v) is 7.24. The van der Waals surface area contributed by atoms with Crippen LogP contribution in [0.2, 0.25) is 0 Å². The highest BCUT2D eigenvalue weighted by Gasteiger charge is 2.23. The molecule has 3 amide bonds. The Bertz CT molecular complexity index is 510. The molecule has 0 aliphatic carbocycles. The SMILES string of the molecule is CC(C)NC(=O)Nc1ccccc1NC(=O)C1CCNC1. The van der Waals surface area contributed by atoms with E-state index in [0.29, 0.717) is 17.9 Å². The monoisotopic (exact) mass is 290 g/mol. The van der Waals surface area contributed by atoms with E-state index in [1.54, 1.807) is 12.1 Å². The number of rotatable bonds is 4. The van der Waals surface area contributed by atoms with E-state index < -0.39 is 0 Å². The highest BCUT2D eigenvalue weighted by Crippen LogP contribution is 2.22. The Morgan fingerprint density at radius 3 is 2.43 bits per heavy atom. The van der Waals surface area contributed by atoms with E-state index in [1.165, 1.54) is 0 Å². The van der Waals surface area contributed by atoms with Crippen LogP contribution in [-0.4, -0.2) is 31.1 Å². The van der Waals surface area contributed by atoms with Crippen LogP contribution in [-0.2, 0) is 4.79 Å². The van der Waals surface area contributed by atoms with E-state index in [1.807, 2.05) is 26.0 Å². The maximum Gasteiger partial charge on any atom is 0.319 e. The lowest BCUT2D eigenvalue weighted by atomic mass is 10.1. The molecular weight excluding hydrogens is 268 g/mol. The highest BCUT2D eigenvalue weighted by atomic mass is 16.2. The van der Waals surface area contributed by atoms with E-state index in [-0.39, 0.29) is 23.9 Å². The van der Waals surface area contributed by atoms with E-state index >= 15 is 0 Å². The van der Waals surface area contributed by atoms with Crippen molar-refractivity contribution in [3.05, 3.63) is 24.3 Å². The summed E-state index contributed by atoms with van der Waals surface area (Å²) >= 11 is 0.